The highest BCUT2D eigenvalue weighted by molar-refractivity contribution is 5.95. The van der Waals surface area contributed by atoms with E-state index in [4.69, 9.17) is 4.74 Å². The Labute approximate surface area is 136 Å². The van der Waals surface area contributed by atoms with E-state index in [-0.39, 0.29) is 18.1 Å². The molecule has 0 unspecified atom stereocenters. The van der Waals surface area contributed by atoms with Crippen LogP contribution in [0.1, 0.15) is 6.92 Å². The molecule has 1 aliphatic rings. The van der Waals surface area contributed by atoms with Crippen molar-refractivity contribution in [3.05, 3.63) is 54.6 Å². The van der Waals surface area contributed by atoms with Gasteiger partial charge in [-0.3, -0.25) is 4.79 Å². The van der Waals surface area contributed by atoms with Crippen LogP contribution in [0.3, 0.4) is 0 Å². The molecule has 2 atom stereocenters. The third-order valence-corrected chi connectivity index (χ3v) is 3.79. The van der Waals surface area contributed by atoms with Gasteiger partial charge in [-0.2, -0.15) is 0 Å². The van der Waals surface area contributed by atoms with E-state index in [1.807, 2.05) is 61.5 Å². The van der Waals surface area contributed by atoms with Crippen molar-refractivity contribution in [2.24, 2.45) is 0 Å². The lowest BCUT2D eigenvalue weighted by atomic mass is 10.1. The Hall–Kier alpha value is -2.37. The van der Waals surface area contributed by atoms with Gasteiger partial charge >= 0.3 is 0 Å². The first-order valence-corrected chi connectivity index (χ1v) is 7.80. The molecule has 0 saturated carbocycles. The predicted molar refractivity (Wildman–Crippen MR) is 92.0 cm³/mol. The van der Waals surface area contributed by atoms with Gasteiger partial charge in [0.05, 0.1) is 12.7 Å². The van der Waals surface area contributed by atoms with Gasteiger partial charge in [-0.05, 0) is 37.3 Å². The maximum absolute atomic E-state index is 12.4. The Morgan fingerprint density at radius 1 is 1.09 bits per heavy atom. The monoisotopic (exact) mass is 311 g/mol. The topological polar surface area (TPSA) is 62.4 Å². The summed E-state index contributed by atoms with van der Waals surface area (Å²) in [6, 6.07) is 17.3. The molecule has 23 heavy (non-hydrogen) atoms. The number of nitrogens with one attached hydrogen (secondary N) is 3. The number of amides is 1. The fourth-order valence-electron chi connectivity index (χ4n) is 2.61. The van der Waals surface area contributed by atoms with Gasteiger partial charge in [0.2, 0.25) is 5.91 Å². The molecule has 0 bridgehead atoms. The van der Waals surface area contributed by atoms with Crippen LogP contribution >= 0.6 is 0 Å². The van der Waals surface area contributed by atoms with Crippen molar-refractivity contribution in [1.82, 2.24) is 5.32 Å². The summed E-state index contributed by atoms with van der Waals surface area (Å²) in [4.78, 5) is 12.4. The van der Waals surface area contributed by atoms with Crippen LogP contribution in [0, 0.1) is 0 Å². The molecule has 0 aromatic heterocycles. The van der Waals surface area contributed by atoms with Gasteiger partial charge in [-0.1, -0.05) is 24.3 Å². The first kappa shape index (κ1) is 15.5. The second kappa shape index (κ2) is 7.26. The van der Waals surface area contributed by atoms with Crippen molar-refractivity contribution in [3.63, 3.8) is 0 Å². The van der Waals surface area contributed by atoms with Crippen molar-refractivity contribution in [2.45, 2.75) is 19.1 Å². The molecule has 1 aliphatic heterocycles. The Morgan fingerprint density at radius 2 is 1.83 bits per heavy atom. The minimum atomic E-state index is -0.325. The van der Waals surface area contributed by atoms with E-state index < -0.39 is 0 Å². The van der Waals surface area contributed by atoms with E-state index in [9.17, 15) is 4.79 Å². The SMILES string of the molecule is C[C@H]1OCCN[C@@H]1C(=O)Nc1cccc(Nc2ccccc2)c1. The van der Waals surface area contributed by atoms with E-state index in [0.717, 1.165) is 17.1 Å². The normalized spacial score (nSPS) is 20.7. The molecule has 1 amide bonds. The number of ether oxygens (including phenoxy) is 1. The summed E-state index contributed by atoms with van der Waals surface area (Å²) in [6.45, 7) is 3.24. The van der Waals surface area contributed by atoms with Crippen molar-refractivity contribution < 1.29 is 9.53 Å². The smallest absolute Gasteiger partial charge is 0.244 e. The molecule has 2 aromatic carbocycles. The first-order chi connectivity index (χ1) is 11.2. The van der Waals surface area contributed by atoms with E-state index >= 15 is 0 Å². The molecule has 1 saturated heterocycles. The molecular formula is C18H21N3O2. The second-order valence-electron chi connectivity index (χ2n) is 5.57. The number of morpholine rings is 1. The molecule has 120 valence electrons. The van der Waals surface area contributed by atoms with Crippen LogP contribution in [-0.4, -0.2) is 31.2 Å². The van der Waals surface area contributed by atoms with Gasteiger partial charge in [0, 0.05) is 23.6 Å². The average molecular weight is 311 g/mol. The summed E-state index contributed by atoms with van der Waals surface area (Å²) in [5.41, 5.74) is 2.69. The quantitative estimate of drug-likeness (QED) is 0.812. The summed E-state index contributed by atoms with van der Waals surface area (Å²) >= 11 is 0. The summed E-state index contributed by atoms with van der Waals surface area (Å²) < 4.78 is 5.52. The number of carbonyl (C=O) groups excluding carboxylic acids is 1. The van der Waals surface area contributed by atoms with E-state index in [1.165, 1.54) is 0 Å². The van der Waals surface area contributed by atoms with Crippen LogP contribution < -0.4 is 16.0 Å². The molecule has 0 radical (unpaired) electrons. The zero-order chi connectivity index (χ0) is 16.1. The first-order valence-electron chi connectivity index (χ1n) is 7.80. The fraction of sp³-hybridized carbons (Fsp3) is 0.278. The molecule has 0 aliphatic carbocycles. The highest BCUT2D eigenvalue weighted by Crippen LogP contribution is 2.20. The molecule has 5 nitrogen and oxygen atoms in total. The lowest BCUT2D eigenvalue weighted by Crippen LogP contribution is -2.53. The van der Waals surface area contributed by atoms with Crippen LogP contribution in [0.15, 0.2) is 54.6 Å². The number of carbonyl (C=O) groups is 1. The lowest BCUT2D eigenvalue weighted by Gasteiger charge is -2.29. The van der Waals surface area contributed by atoms with Crippen LogP contribution in [0.2, 0.25) is 0 Å². The molecule has 3 rings (SSSR count). The van der Waals surface area contributed by atoms with Gasteiger partial charge in [-0.25, -0.2) is 0 Å². The Balaban J connectivity index is 1.66. The summed E-state index contributed by atoms with van der Waals surface area (Å²) in [7, 11) is 0. The molecule has 5 heteroatoms. The molecule has 2 aromatic rings. The van der Waals surface area contributed by atoms with E-state index in [0.29, 0.717) is 13.2 Å². The van der Waals surface area contributed by atoms with Crippen molar-refractivity contribution in [3.8, 4) is 0 Å². The standard InChI is InChI=1S/C18H21N3O2/c1-13-17(19-10-11-23-13)18(22)21-16-9-5-8-15(12-16)20-14-6-3-2-4-7-14/h2-9,12-13,17,19-20H,10-11H2,1H3,(H,21,22)/t13-,17+/m1/s1. The van der Waals surface area contributed by atoms with Gasteiger partial charge in [0.1, 0.15) is 6.04 Å². The van der Waals surface area contributed by atoms with Crippen LogP contribution in [-0.2, 0) is 9.53 Å². The number of anilines is 3. The Bertz CT molecular complexity index is 660. The maximum atomic E-state index is 12.4. The van der Waals surface area contributed by atoms with Crippen molar-refractivity contribution in [1.29, 1.82) is 0 Å². The highest BCUT2D eigenvalue weighted by Gasteiger charge is 2.28. The minimum Gasteiger partial charge on any atom is -0.375 e. The summed E-state index contributed by atoms with van der Waals surface area (Å²) in [5, 5.41) is 9.45. The third kappa shape index (κ3) is 4.09. The largest absolute Gasteiger partial charge is 0.375 e. The predicted octanol–water partition coefficient (Wildman–Crippen LogP) is 2.75. The zero-order valence-corrected chi connectivity index (χ0v) is 13.1. The van der Waals surface area contributed by atoms with Crippen LogP contribution in [0.25, 0.3) is 0 Å². The molecular weight excluding hydrogens is 290 g/mol. The third-order valence-electron chi connectivity index (χ3n) is 3.79. The van der Waals surface area contributed by atoms with Crippen LogP contribution in [0.4, 0.5) is 17.1 Å². The Morgan fingerprint density at radius 3 is 2.61 bits per heavy atom. The van der Waals surface area contributed by atoms with Crippen molar-refractivity contribution in [2.75, 3.05) is 23.8 Å². The van der Waals surface area contributed by atoms with E-state index in [1.54, 1.807) is 0 Å². The number of rotatable bonds is 4. The van der Waals surface area contributed by atoms with Gasteiger partial charge < -0.3 is 20.7 Å². The second-order valence-corrected chi connectivity index (χ2v) is 5.57. The average Bonchev–Trinajstić information content (AvgIpc) is 2.56. The number of hydrogen-bond acceptors (Lipinski definition) is 4. The fourth-order valence-corrected chi connectivity index (χ4v) is 2.61. The summed E-state index contributed by atoms with van der Waals surface area (Å²) in [5.74, 6) is -0.0749. The molecule has 3 N–H and O–H groups in total. The lowest BCUT2D eigenvalue weighted by molar-refractivity contribution is -0.123. The number of hydrogen-bond donors (Lipinski definition) is 3. The number of para-hydroxylation sites is 1. The van der Waals surface area contributed by atoms with Crippen molar-refractivity contribution >= 4 is 23.0 Å². The zero-order valence-electron chi connectivity index (χ0n) is 13.1. The molecule has 0 spiro atoms. The minimum absolute atomic E-state index is 0.0749. The number of benzene rings is 2. The van der Waals surface area contributed by atoms with Gasteiger partial charge in [0.25, 0.3) is 0 Å². The molecule has 1 heterocycles. The summed E-state index contributed by atoms with van der Waals surface area (Å²) in [6.07, 6.45) is -0.130. The van der Waals surface area contributed by atoms with E-state index in [2.05, 4.69) is 16.0 Å². The van der Waals surface area contributed by atoms with Gasteiger partial charge in [-0.15, -0.1) is 0 Å². The maximum Gasteiger partial charge on any atom is 0.244 e. The van der Waals surface area contributed by atoms with Crippen LogP contribution in [0.5, 0.6) is 0 Å². The van der Waals surface area contributed by atoms with Gasteiger partial charge in [0.15, 0.2) is 0 Å². The highest BCUT2D eigenvalue weighted by atomic mass is 16.5. The molecule has 1 fully saturated rings. The Kier molecular flexibility index (Phi) is 4.90.